The highest BCUT2D eigenvalue weighted by Gasteiger charge is 2.43. The molecule has 0 bridgehead atoms. The van der Waals surface area contributed by atoms with Gasteiger partial charge in [-0.1, -0.05) is 6.07 Å². The molecule has 5 heteroatoms. The lowest BCUT2D eigenvalue weighted by atomic mass is 9.87. The van der Waals surface area contributed by atoms with Gasteiger partial charge in [0.15, 0.2) is 0 Å². The van der Waals surface area contributed by atoms with E-state index in [1.54, 1.807) is 0 Å². The summed E-state index contributed by atoms with van der Waals surface area (Å²) in [5, 5.41) is 0. The molecule has 0 radical (unpaired) electrons. The summed E-state index contributed by atoms with van der Waals surface area (Å²) in [5.41, 5.74) is 2.70. The highest BCUT2D eigenvalue weighted by molar-refractivity contribution is 5.10. The van der Waals surface area contributed by atoms with E-state index in [1.807, 2.05) is 30.9 Å². The van der Waals surface area contributed by atoms with E-state index in [0.29, 0.717) is 6.04 Å². The molecule has 2 fully saturated rings. The Bertz CT molecular complexity index is 686. The molecule has 0 unspecified atom stereocenters. The molecule has 4 heterocycles. The van der Waals surface area contributed by atoms with Crippen molar-refractivity contribution >= 4 is 0 Å². The summed E-state index contributed by atoms with van der Waals surface area (Å²) < 4.78 is 6.36. The van der Waals surface area contributed by atoms with Gasteiger partial charge in [-0.25, -0.2) is 0 Å². The molecule has 5 nitrogen and oxygen atoms in total. The van der Waals surface area contributed by atoms with Crippen molar-refractivity contribution < 1.29 is 4.74 Å². The highest BCUT2D eigenvalue weighted by atomic mass is 16.5. The van der Waals surface area contributed by atoms with E-state index in [1.165, 1.54) is 11.1 Å². The standard InChI is InChI=1S/C21H28N4O/c1-24(15-18-4-9-22-10-5-18)20-13-21(26-17-20)6-11-25(12-7-21)16-19-3-2-8-23-14-19/h2-5,8-10,14,20H,6-7,11-13,15-17H2,1H3/t20-/m1/s1. The summed E-state index contributed by atoms with van der Waals surface area (Å²) in [6.07, 6.45) is 11.0. The second-order valence-corrected chi connectivity index (χ2v) is 7.76. The van der Waals surface area contributed by atoms with Gasteiger partial charge in [-0.15, -0.1) is 0 Å². The van der Waals surface area contributed by atoms with Crippen LogP contribution in [0.4, 0.5) is 0 Å². The first kappa shape index (κ1) is 17.6. The van der Waals surface area contributed by atoms with Gasteiger partial charge in [0.1, 0.15) is 0 Å². The third-order valence-corrected chi connectivity index (χ3v) is 5.89. The quantitative estimate of drug-likeness (QED) is 0.828. The molecule has 2 aromatic heterocycles. The predicted molar refractivity (Wildman–Crippen MR) is 102 cm³/mol. The van der Waals surface area contributed by atoms with Gasteiger partial charge in [-0.2, -0.15) is 0 Å². The Morgan fingerprint density at radius 2 is 1.92 bits per heavy atom. The number of hydrogen-bond donors (Lipinski definition) is 0. The average molecular weight is 352 g/mol. The fourth-order valence-corrected chi connectivity index (χ4v) is 4.23. The van der Waals surface area contributed by atoms with Gasteiger partial charge in [-0.3, -0.25) is 19.8 Å². The number of ether oxygens (including phenoxy) is 1. The molecule has 1 atom stereocenters. The fourth-order valence-electron chi connectivity index (χ4n) is 4.23. The Kier molecular flexibility index (Phi) is 5.29. The van der Waals surface area contributed by atoms with E-state index >= 15 is 0 Å². The summed E-state index contributed by atoms with van der Waals surface area (Å²) >= 11 is 0. The van der Waals surface area contributed by atoms with Crippen LogP contribution < -0.4 is 0 Å². The molecule has 0 aromatic carbocycles. The number of likely N-dealkylation sites (tertiary alicyclic amines) is 1. The number of likely N-dealkylation sites (N-methyl/N-ethyl adjacent to an activating group) is 1. The van der Waals surface area contributed by atoms with Gasteiger partial charge in [0.25, 0.3) is 0 Å². The summed E-state index contributed by atoms with van der Waals surface area (Å²) in [6.45, 7) is 5.02. The zero-order valence-corrected chi connectivity index (χ0v) is 15.6. The number of piperidine rings is 1. The first-order valence-electron chi connectivity index (χ1n) is 9.57. The second-order valence-electron chi connectivity index (χ2n) is 7.76. The third-order valence-electron chi connectivity index (χ3n) is 5.89. The number of pyridine rings is 2. The largest absolute Gasteiger partial charge is 0.373 e. The Balaban J connectivity index is 1.28. The molecule has 0 aliphatic carbocycles. The van der Waals surface area contributed by atoms with Gasteiger partial charge in [0, 0.05) is 57.0 Å². The van der Waals surface area contributed by atoms with E-state index in [9.17, 15) is 0 Å². The van der Waals surface area contributed by atoms with Crippen LogP contribution in [0.3, 0.4) is 0 Å². The topological polar surface area (TPSA) is 41.5 Å². The molecule has 138 valence electrons. The summed E-state index contributed by atoms with van der Waals surface area (Å²) in [7, 11) is 2.21. The lowest BCUT2D eigenvalue weighted by Gasteiger charge is -2.39. The van der Waals surface area contributed by atoms with Gasteiger partial charge < -0.3 is 4.74 Å². The van der Waals surface area contributed by atoms with Crippen LogP contribution in [0.25, 0.3) is 0 Å². The minimum atomic E-state index is 0.0859. The Morgan fingerprint density at radius 3 is 2.65 bits per heavy atom. The number of aromatic nitrogens is 2. The minimum Gasteiger partial charge on any atom is -0.373 e. The number of nitrogens with zero attached hydrogens (tertiary/aromatic N) is 4. The molecule has 1 spiro atoms. The maximum Gasteiger partial charge on any atom is 0.0723 e. The highest BCUT2D eigenvalue weighted by Crippen LogP contribution is 2.37. The Labute approximate surface area is 156 Å². The zero-order valence-electron chi connectivity index (χ0n) is 15.6. The average Bonchev–Trinajstić information content (AvgIpc) is 3.10. The molecule has 0 amide bonds. The summed E-state index contributed by atoms with van der Waals surface area (Å²) in [5.74, 6) is 0. The van der Waals surface area contributed by atoms with Crippen LogP contribution in [0.1, 0.15) is 30.4 Å². The van der Waals surface area contributed by atoms with E-state index in [2.05, 4.69) is 45.0 Å². The van der Waals surface area contributed by atoms with Crippen LogP contribution >= 0.6 is 0 Å². The van der Waals surface area contributed by atoms with Crippen molar-refractivity contribution in [3.05, 3.63) is 60.2 Å². The monoisotopic (exact) mass is 352 g/mol. The first-order chi connectivity index (χ1) is 12.7. The van der Waals surface area contributed by atoms with Crippen molar-refractivity contribution in [1.29, 1.82) is 0 Å². The third kappa shape index (κ3) is 4.11. The Morgan fingerprint density at radius 1 is 1.12 bits per heavy atom. The van der Waals surface area contributed by atoms with Crippen molar-refractivity contribution in [1.82, 2.24) is 19.8 Å². The molecule has 2 aliphatic rings. The molecule has 0 saturated carbocycles. The van der Waals surface area contributed by atoms with Gasteiger partial charge in [0.05, 0.1) is 12.2 Å². The van der Waals surface area contributed by atoms with Crippen molar-refractivity contribution in [3.8, 4) is 0 Å². The summed E-state index contributed by atoms with van der Waals surface area (Å²) in [6, 6.07) is 8.88. The van der Waals surface area contributed by atoms with Crippen molar-refractivity contribution in [2.75, 3.05) is 26.7 Å². The lowest BCUT2D eigenvalue weighted by Crippen LogP contribution is -2.44. The van der Waals surface area contributed by atoms with Crippen LogP contribution in [0.5, 0.6) is 0 Å². The fraction of sp³-hybridized carbons (Fsp3) is 0.524. The first-order valence-corrected chi connectivity index (χ1v) is 9.57. The molecule has 2 aromatic rings. The maximum absolute atomic E-state index is 6.36. The van der Waals surface area contributed by atoms with Crippen molar-refractivity contribution in [2.24, 2.45) is 0 Å². The van der Waals surface area contributed by atoms with Crippen LogP contribution in [-0.4, -0.2) is 58.2 Å². The molecular formula is C21H28N4O. The van der Waals surface area contributed by atoms with E-state index in [0.717, 1.165) is 52.0 Å². The smallest absolute Gasteiger partial charge is 0.0723 e. The predicted octanol–water partition coefficient (Wildman–Crippen LogP) is 2.73. The molecule has 2 saturated heterocycles. The summed E-state index contributed by atoms with van der Waals surface area (Å²) in [4.78, 5) is 13.3. The van der Waals surface area contributed by atoms with Gasteiger partial charge >= 0.3 is 0 Å². The molecular weight excluding hydrogens is 324 g/mol. The van der Waals surface area contributed by atoms with Crippen LogP contribution in [-0.2, 0) is 17.8 Å². The van der Waals surface area contributed by atoms with Gasteiger partial charge in [-0.05, 0) is 55.6 Å². The molecule has 0 N–H and O–H groups in total. The van der Waals surface area contributed by atoms with E-state index < -0.39 is 0 Å². The second kappa shape index (κ2) is 7.82. The molecule has 26 heavy (non-hydrogen) atoms. The van der Waals surface area contributed by atoms with E-state index in [-0.39, 0.29) is 5.60 Å². The Hall–Kier alpha value is -1.82. The SMILES string of the molecule is CN(Cc1ccncc1)[C@H]1COC2(CCN(Cc3cccnc3)CC2)C1. The molecule has 2 aliphatic heterocycles. The maximum atomic E-state index is 6.36. The minimum absolute atomic E-state index is 0.0859. The number of rotatable bonds is 5. The van der Waals surface area contributed by atoms with Crippen LogP contribution in [0.2, 0.25) is 0 Å². The van der Waals surface area contributed by atoms with Crippen molar-refractivity contribution in [2.45, 2.75) is 44.0 Å². The van der Waals surface area contributed by atoms with Crippen molar-refractivity contribution in [3.63, 3.8) is 0 Å². The van der Waals surface area contributed by atoms with Crippen LogP contribution in [0.15, 0.2) is 49.1 Å². The van der Waals surface area contributed by atoms with Crippen LogP contribution in [0, 0.1) is 0 Å². The lowest BCUT2D eigenvalue weighted by molar-refractivity contribution is -0.0452. The molecule has 4 rings (SSSR count). The zero-order chi connectivity index (χ0) is 17.8. The van der Waals surface area contributed by atoms with E-state index in [4.69, 9.17) is 4.74 Å². The van der Waals surface area contributed by atoms with Gasteiger partial charge in [0.2, 0.25) is 0 Å². The normalized spacial score (nSPS) is 22.9. The number of hydrogen-bond acceptors (Lipinski definition) is 5.